The summed E-state index contributed by atoms with van der Waals surface area (Å²) >= 11 is 0. The van der Waals surface area contributed by atoms with Gasteiger partial charge in [0.15, 0.2) is 17.5 Å². The Labute approximate surface area is 197 Å². The standard InChI is InChI=1S/C21H27F3N4O2.HI/c1-5-29-18-8-6-7-15(19(18)30-20(23)24)13-27-21(25-2)26-12-14-9-10-17(28(3)4)16(22)11-14;/h6-11,20H,5,12-13H2,1-4H3,(H2,25,26,27);1H. The van der Waals surface area contributed by atoms with E-state index in [2.05, 4.69) is 20.4 Å². The molecule has 0 fully saturated rings. The number of halogens is 4. The molecule has 0 aliphatic rings. The van der Waals surface area contributed by atoms with E-state index >= 15 is 0 Å². The minimum atomic E-state index is -2.97. The maximum absolute atomic E-state index is 14.1. The number of hydrogen-bond donors (Lipinski definition) is 2. The van der Waals surface area contributed by atoms with E-state index in [-0.39, 0.29) is 47.8 Å². The second kappa shape index (κ2) is 13.1. The van der Waals surface area contributed by atoms with Crippen LogP contribution in [0.5, 0.6) is 11.5 Å². The molecular formula is C21H28F3IN4O2. The third kappa shape index (κ3) is 8.00. The first-order valence-electron chi connectivity index (χ1n) is 9.45. The maximum Gasteiger partial charge on any atom is 0.387 e. The summed E-state index contributed by atoms with van der Waals surface area (Å²) in [5, 5.41) is 6.11. The van der Waals surface area contributed by atoms with Crippen LogP contribution in [-0.4, -0.2) is 40.3 Å². The van der Waals surface area contributed by atoms with Crippen LogP contribution in [0.3, 0.4) is 0 Å². The minimum absolute atomic E-state index is 0. The van der Waals surface area contributed by atoms with Crippen LogP contribution >= 0.6 is 24.0 Å². The van der Waals surface area contributed by atoms with Gasteiger partial charge < -0.3 is 25.0 Å². The second-order valence-corrected chi connectivity index (χ2v) is 6.52. The van der Waals surface area contributed by atoms with Crippen molar-refractivity contribution in [2.45, 2.75) is 26.6 Å². The average Bonchev–Trinajstić information content (AvgIpc) is 2.69. The number of anilines is 1. The Balaban J connectivity index is 0.00000480. The summed E-state index contributed by atoms with van der Waals surface area (Å²) < 4.78 is 49.8. The molecule has 10 heteroatoms. The molecule has 0 unspecified atom stereocenters. The van der Waals surface area contributed by atoms with E-state index in [0.717, 1.165) is 5.56 Å². The quantitative estimate of drug-likeness (QED) is 0.275. The molecule has 0 aliphatic carbocycles. The summed E-state index contributed by atoms with van der Waals surface area (Å²) in [7, 11) is 5.13. The van der Waals surface area contributed by atoms with Crippen molar-refractivity contribution in [3.8, 4) is 11.5 Å². The number of alkyl halides is 2. The molecule has 0 saturated carbocycles. The first kappa shape index (κ1) is 26.7. The lowest BCUT2D eigenvalue weighted by Crippen LogP contribution is -2.36. The van der Waals surface area contributed by atoms with E-state index in [4.69, 9.17) is 4.74 Å². The molecule has 0 bridgehead atoms. The van der Waals surface area contributed by atoms with Gasteiger partial charge in [-0.15, -0.1) is 24.0 Å². The number of hydrogen-bond acceptors (Lipinski definition) is 4. The summed E-state index contributed by atoms with van der Waals surface area (Å²) in [4.78, 5) is 5.80. The van der Waals surface area contributed by atoms with Crippen molar-refractivity contribution in [2.75, 3.05) is 32.6 Å². The molecule has 31 heavy (non-hydrogen) atoms. The first-order chi connectivity index (χ1) is 14.3. The van der Waals surface area contributed by atoms with Gasteiger partial charge in [0.25, 0.3) is 0 Å². The van der Waals surface area contributed by atoms with Gasteiger partial charge in [0.1, 0.15) is 5.82 Å². The van der Waals surface area contributed by atoms with Crippen molar-refractivity contribution in [3.63, 3.8) is 0 Å². The molecule has 2 aromatic rings. The molecular weight excluding hydrogens is 524 g/mol. The lowest BCUT2D eigenvalue weighted by molar-refractivity contribution is -0.0520. The molecule has 0 radical (unpaired) electrons. The Bertz CT molecular complexity index is 867. The Kier molecular flexibility index (Phi) is 11.3. The van der Waals surface area contributed by atoms with E-state index in [0.29, 0.717) is 30.4 Å². The Hall–Kier alpha value is -2.37. The average molecular weight is 552 g/mol. The molecule has 6 nitrogen and oxygen atoms in total. The zero-order chi connectivity index (χ0) is 22.1. The van der Waals surface area contributed by atoms with Crippen LogP contribution in [0.15, 0.2) is 41.4 Å². The molecule has 2 rings (SSSR count). The van der Waals surface area contributed by atoms with Crippen LogP contribution in [0, 0.1) is 5.82 Å². The molecule has 0 atom stereocenters. The highest BCUT2D eigenvalue weighted by molar-refractivity contribution is 14.0. The van der Waals surface area contributed by atoms with Gasteiger partial charge in [0.05, 0.1) is 12.3 Å². The summed E-state index contributed by atoms with van der Waals surface area (Å²) in [6, 6.07) is 9.91. The molecule has 0 aromatic heterocycles. The smallest absolute Gasteiger partial charge is 0.387 e. The maximum atomic E-state index is 14.1. The number of aliphatic imine (C=N–C) groups is 1. The number of ether oxygens (including phenoxy) is 2. The minimum Gasteiger partial charge on any atom is -0.490 e. The molecule has 172 valence electrons. The highest BCUT2D eigenvalue weighted by Gasteiger charge is 2.16. The van der Waals surface area contributed by atoms with Gasteiger partial charge in [0.2, 0.25) is 0 Å². The largest absolute Gasteiger partial charge is 0.490 e. The van der Waals surface area contributed by atoms with E-state index < -0.39 is 6.61 Å². The van der Waals surface area contributed by atoms with E-state index in [9.17, 15) is 13.2 Å². The van der Waals surface area contributed by atoms with Crippen LogP contribution in [0.2, 0.25) is 0 Å². The number of nitrogens with zero attached hydrogens (tertiary/aromatic N) is 2. The Morgan fingerprint density at radius 3 is 2.42 bits per heavy atom. The zero-order valence-corrected chi connectivity index (χ0v) is 20.2. The lowest BCUT2D eigenvalue weighted by Gasteiger charge is -2.17. The topological polar surface area (TPSA) is 58.1 Å². The van der Waals surface area contributed by atoms with E-state index in [1.807, 2.05) is 6.07 Å². The van der Waals surface area contributed by atoms with Crippen molar-refractivity contribution in [1.82, 2.24) is 10.6 Å². The number of rotatable bonds is 9. The van der Waals surface area contributed by atoms with Crippen LogP contribution < -0.4 is 25.0 Å². The zero-order valence-electron chi connectivity index (χ0n) is 17.9. The number of guanidine groups is 1. The number of benzene rings is 2. The molecule has 0 amide bonds. The van der Waals surface area contributed by atoms with Crippen LogP contribution in [0.1, 0.15) is 18.1 Å². The first-order valence-corrected chi connectivity index (χ1v) is 9.45. The van der Waals surface area contributed by atoms with Gasteiger partial charge in [-0.2, -0.15) is 8.78 Å². The van der Waals surface area contributed by atoms with Gasteiger partial charge in [-0.05, 0) is 30.7 Å². The van der Waals surface area contributed by atoms with Crippen molar-refractivity contribution in [3.05, 3.63) is 53.3 Å². The van der Waals surface area contributed by atoms with Crippen LogP contribution in [0.4, 0.5) is 18.9 Å². The predicted octanol–water partition coefficient (Wildman–Crippen LogP) is 4.38. The molecule has 2 aromatic carbocycles. The Morgan fingerprint density at radius 2 is 1.84 bits per heavy atom. The molecule has 0 saturated heterocycles. The number of nitrogens with one attached hydrogen (secondary N) is 2. The van der Waals surface area contributed by atoms with E-state index in [1.54, 1.807) is 57.2 Å². The summed E-state index contributed by atoms with van der Waals surface area (Å²) in [5.41, 5.74) is 1.73. The van der Waals surface area contributed by atoms with Crippen LogP contribution in [0.25, 0.3) is 0 Å². The van der Waals surface area contributed by atoms with Gasteiger partial charge >= 0.3 is 6.61 Å². The van der Waals surface area contributed by atoms with Gasteiger partial charge in [-0.1, -0.05) is 18.2 Å². The normalized spacial score (nSPS) is 11.0. The third-order valence-corrected chi connectivity index (χ3v) is 4.19. The van der Waals surface area contributed by atoms with Crippen LogP contribution in [-0.2, 0) is 13.1 Å². The summed E-state index contributed by atoms with van der Waals surface area (Å²) in [6.45, 7) is -0.373. The van der Waals surface area contributed by atoms with Crippen molar-refractivity contribution in [2.24, 2.45) is 4.99 Å². The highest BCUT2D eigenvalue weighted by atomic mass is 127. The fourth-order valence-corrected chi connectivity index (χ4v) is 2.80. The fraction of sp³-hybridized carbons (Fsp3) is 0.381. The van der Waals surface area contributed by atoms with E-state index in [1.165, 1.54) is 6.07 Å². The van der Waals surface area contributed by atoms with Crippen molar-refractivity contribution in [1.29, 1.82) is 0 Å². The monoisotopic (exact) mass is 552 g/mol. The van der Waals surface area contributed by atoms with Crippen molar-refractivity contribution < 1.29 is 22.6 Å². The summed E-state index contributed by atoms with van der Waals surface area (Å²) in [6.07, 6.45) is 0. The second-order valence-electron chi connectivity index (χ2n) is 6.52. The third-order valence-electron chi connectivity index (χ3n) is 4.19. The molecule has 0 heterocycles. The lowest BCUT2D eigenvalue weighted by atomic mass is 10.2. The predicted molar refractivity (Wildman–Crippen MR) is 127 cm³/mol. The molecule has 0 spiro atoms. The number of para-hydroxylation sites is 1. The van der Waals surface area contributed by atoms with Crippen molar-refractivity contribution >= 4 is 35.6 Å². The summed E-state index contributed by atoms with van der Waals surface area (Å²) in [5.74, 6) is 0.343. The van der Waals surface area contributed by atoms with Gasteiger partial charge in [-0.25, -0.2) is 4.39 Å². The fourth-order valence-electron chi connectivity index (χ4n) is 2.80. The van der Waals surface area contributed by atoms with Gasteiger partial charge in [-0.3, -0.25) is 4.99 Å². The SMILES string of the molecule is CCOc1cccc(CNC(=NC)NCc2ccc(N(C)C)c(F)c2)c1OC(F)F.I. The Morgan fingerprint density at radius 1 is 1.13 bits per heavy atom. The highest BCUT2D eigenvalue weighted by Crippen LogP contribution is 2.32. The molecule has 0 aliphatic heterocycles. The molecule has 2 N–H and O–H groups in total. The van der Waals surface area contributed by atoms with Gasteiger partial charge in [0, 0.05) is 39.8 Å².